The van der Waals surface area contributed by atoms with Crippen LogP contribution >= 0.6 is 0 Å². The summed E-state index contributed by atoms with van der Waals surface area (Å²) in [5.74, 6) is 0.177. The number of fused-ring (bicyclic) bond motifs is 4. The molecule has 170 valence electrons. The maximum Gasteiger partial charge on any atom is 0.265 e. The zero-order chi connectivity index (χ0) is 23.6. The summed E-state index contributed by atoms with van der Waals surface area (Å²) in [5, 5.41) is 17.6. The number of H-pyrrole nitrogens is 1. The Labute approximate surface area is 199 Å². The number of amides is 1. The van der Waals surface area contributed by atoms with Crippen LogP contribution in [0.4, 0.5) is 11.6 Å². The summed E-state index contributed by atoms with van der Waals surface area (Å²) < 4.78 is 1.91. The molecule has 3 aromatic carbocycles. The van der Waals surface area contributed by atoms with Gasteiger partial charge in [0.2, 0.25) is 5.91 Å². The lowest BCUT2D eigenvalue weighted by Crippen LogP contribution is -2.18. The van der Waals surface area contributed by atoms with Crippen molar-refractivity contribution in [2.24, 2.45) is 5.10 Å². The van der Waals surface area contributed by atoms with Crippen LogP contribution in [-0.4, -0.2) is 36.9 Å². The molecule has 0 aliphatic heterocycles. The number of rotatable bonds is 6. The molecular formula is C26H20N8O. The molecular weight excluding hydrogens is 440 g/mol. The van der Waals surface area contributed by atoms with Crippen LogP contribution < -0.4 is 10.7 Å². The lowest BCUT2D eigenvalue weighted by Gasteiger charge is -2.07. The molecule has 6 aromatic rings. The van der Waals surface area contributed by atoms with E-state index < -0.39 is 0 Å². The van der Waals surface area contributed by atoms with Crippen molar-refractivity contribution in [1.82, 2.24) is 24.7 Å². The Balaban J connectivity index is 1.22. The predicted octanol–water partition coefficient (Wildman–Crippen LogP) is 4.55. The molecule has 0 fully saturated rings. The minimum absolute atomic E-state index is 0.107. The first-order chi connectivity index (χ1) is 17.2. The molecule has 6 rings (SSSR count). The largest absolute Gasteiger partial charge is 0.338 e. The Morgan fingerprint density at radius 1 is 0.943 bits per heavy atom. The van der Waals surface area contributed by atoms with Crippen LogP contribution in [0.25, 0.3) is 33.0 Å². The lowest BCUT2D eigenvalue weighted by molar-refractivity contribution is -0.116. The number of hydrogen-bond acceptors (Lipinski definition) is 6. The van der Waals surface area contributed by atoms with Crippen LogP contribution in [0.3, 0.4) is 0 Å². The highest BCUT2D eigenvalue weighted by Crippen LogP contribution is 2.22. The maximum atomic E-state index is 12.6. The van der Waals surface area contributed by atoms with E-state index in [1.54, 1.807) is 6.21 Å². The average molecular weight is 461 g/mol. The smallest absolute Gasteiger partial charge is 0.265 e. The number of carbonyl (C=O) groups excluding carboxylic acids is 1. The summed E-state index contributed by atoms with van der Waals surface area (Å²) >= 11 is 0. The van der Waals surface area contributed by atoms with Gasteiger partial charge in [-0.3, -0.25) is 4.79 Å². The number of nitrogens with one attached hydrogen (secondary N) is 3. The van der Waals surface area contributed by atoms with Crippen LogP contribution in [0.5, 0.6) is 0 Å². The van der Waals surface area contributed by atoms with E-state index in [-0.39, 0.29) is 18.4 Å². The molecule has 0 aliphatic rings. The van der Waals surface area contributed by atoms with Gasteiger partial charge in [-0.25, -0.2) is 5.43 Å². The lowest BCUT2D eigenvalue weighted by atomic mass is 10.2. The third-order valence-electron chi connectivity index (χ3n) is 5.68. The standard InChI is InChI=1S/C26H20N8O/c35-23(28-18-8-2-1-3-9-18)16-34-15-17(19-10-5-7-13-22(19)34)14-27-32-26-30-25-24(31-33-26)20-11-4-6-12-21(20)29-25/h1-15H,16H2,(H,28,35)(H2,29,30,32,33). The average Bonchev–Trinajstić information content (AvgIpc) is 3.42. The van der Waals surface area contributed by atoms with Crippen molar-refractivity contribution < 1.29 is 4.79 Å². The second-order valence-corrected chi connectivity index (χ2v) is 8.02. The number of carbonyl (C=O) groups is 1. The molecule has 0 saturated heterocycles. The summed E-state index contributed by atoms with van der Waals surface area (Å²) in [4.78, 5) is 20.3. The van der Waals surface area contributed by atoms with E-state index in [2.05, 4.69) is 36.0 Å². The first-order valence-corrected chi connectivity index (χ1v) is 11.1. The SMILES string of the molecule is O=C(Cn1cc(C=NNc2nnc3c(n2)[nH]c2ccccc23)c2ccccc21)Nc1ccccc1. The molecule has 0 atom stereocenters. The van der Waals surface area contributed by atoms with Crippen molar-refractivity contribution in [2.45, 2.75) is 6.54 Å². The fraction of sp³-hybridized carbons (Fsp3) is 0.0385. The van der Waals surface area contributed by atoms with E-state index in [1.807, 2.05) is 89.6 Å². The van der Waals surface area contributed by atoms with Gasteiger partial charge in [0.05, 0.1) is 6.21 Å². The highest BCUT2D eigenvalue weighted by Gasteiger charge is 2.11. The van der Waals surface area contributed by atoms with Gasteiger partial charge in [-0.15, -0.1) is 10.2 Å². The third-order valence-corrected chi connectivity index (χ3v) is 5.68. The van der Waals surface area contributed by atoms with Crippen LogP contribution in [0.1, 0.15) is 5.56 Å². The van der Waals surface area contributed by atoms with Crippen LogP contribution in [0.15, 0.2) is 90.2 Å². The zero-order valence-electron chi connectivity index (χ0n) is 18.5. The second-order valence-electron chi connectivity index (χ2n) is 8.02. The van der Waals surface area contributed by atoms with E-state index in [4.69, 9.17) is 0 Å². The van der Waals surface area contributed by atoms with Crippen molar-refractivity contribution in [2.75, 3.05) is 10.7 Å². The first-order valence-electron chi connectivity index (χ1n) is 11.1. The highest BCUT2D eigenvalue weighted by atomic mass is 16.1. The van der Waals surface area contributed by atoms with Gasteiger partial charge in [-0.05, 0) is 24.3 Å². The van der Waals surface area contributed by atoms with Gasteiger partial charge in [0.25, 0.3) is 5.95 Å². The third kappa shape index (κ3) is 4.06. The number of hydrogen-bond donors (Lipinski definition) is 3. The van der Waals surface area contributed by atoms with Gasteiger partial charge in [0.1, 0.15) is 12.1 Å². The maximum absolute atomic E-state index is 12.6. The molecule has 0 spiro atoms. The Morgan fingerprint density at radius 2 is 1.71 bits per heavy atom. The van der Waals surface area contributed by atoms with Crippen LogP contribution in [0.2, 0.25) is 0 Å². The van der Waals surface area contributed by atoms with E-state index in [0.29, 0.717) is 11.2 Å². The van der Waals surface area contributed by atoms with Gasteiger partial charge in [-0.1, -0.05) is 54.6 Å². The summed E-state index contributed by atoms with van der Waals surface area (Å²) in [6, 6.07) is 25.1. The zero-order valence-corrected chi connectivity index (χ0v) is 18.5. The fourth-order valence-electron chi connectivity index (χ4n) is 4.11. The fourth-order valence-corrected chi connectivity index (χ4v) is 4.11. The number of nitrogens with zero attached hydrogens (tertiary/aromatic N) is 5. The van der Waals surface area contributed by atoms with Crippen molar-refractivity contribution in [3.8, 4) is 0 Å². The van der Waals surface area contributed by atoms with Gasteiger partial charge < -0.3 is 14.9 Å². The number of benzene rings is 3. The van der Waals surface area contributed by atoms with Gasteiger partial charge in [-0.2, -0.15) is 10.1 Å². The predicted molar refractivity (Wildman–Crippen MR) is 137 cm³/mol. The molecule has 0 aliphatic carbocycles. The number of aromatic amines is 1. The molecule has 1 amide bonds. The van der Waals surface area contributed by atoms with Crippen molar-refractivity contribution in [3.63, 3.8) is 0 Å². The quantitative estimate of drug-likeness (QED) is 0.249. The van der Waals surface area contributed by atoms with Gasteiger partial charge >= 0.3 is 0 Å². The molecule has 0 saturated carbocycles. The minimum atomic E-state index is -0.107. The molecule has 3 N–H and O–H groups in total. The van der Waals surface area contributed by atoms with E-state index >= 15 is 0 Å². The molecule has 0 unspecified atom stereocenters. The molecule has 9 nitrogen and oxygen atoms in total. The second kappa shape index (κ2) is 8.71. The highest BCUT2D eigenvalue weighted by molar-refractivity contribution is 6.03. The Bertz CT molecular complexity index is 1700. The van der Waals surface area contributed by atoms with Crippen LogP contribution in [-0.2, 0) is 11.3 Å². The molecule has 0 radical (unpaired) electrons. The summed E-state index contributed by atoms with van der Waals surface area (Å²) in [6.45, 7) is 0.181. The van der Waals surface area contributed by atoms with E-state index in [0.717, 1.165) is 33.1 Å². The molecule has 3 heterocycles. The van der Waals surface area contributed by atoms with Gasteiger partial charge in [0, 0.05) is 39.3 Å². The van der Waals surface area contributed by atoms with Crippen molar-refractivity contribution >= 4 is 56.7 Å². The first kappa shape index (κ1) is 20.5. The number of hydrazone groups is 1. The molecule has 35 heavy (non-hydrogen) atoms. The monoisotopic (exact) mass is 460 g/mol. The molecule has 3 aromatic heterocycles. The number of para-hydroxylation sites is 3. The normalized spacial score (nSPS) is 11.5. The molecule has 0 bridgehead atoms. The number of anilines is 2. The van der Waals surface area contributed by atoms with Crippen LogP contribution in [0, 0.1) is 0 Å². The van der Waals surface area contributed by atoms with Crippen molar-refractivity contribution in [3.05, 3.63) is 90.6 Å². The van der Waals surface area contributed by atoms with Gasteiger partial charge in [0.15, 0.2) is 5.65 Å². The summed E-state index contributed by atoms with van der Waals surface area (Å²) in [7, 11) is 0. The Hall–Kier alpha value is -5.05. The van der Waals surface area contributed by atoms with E-state index in [9.17, 15) is 4.79 Å². The van der Waals surface area contributed by atoms with E-state index in [1.165, 1.54) is 0 Å². The Morgan fingerprint density at radius 3 is 2.60 bits per heavy atom. The summed E-state index contributed by atoms with van der Waals surface area (Å²) in [5.41, 5.74) is 7.72. The minimum Gasteiger partial charge on any atom is -0.338 e. The number of aromatic nitrogens is 5. The van der Waals surface area contributed by atoms with Crippen molar-refractivity contribution in [1.29, 1.82) is 0 Å². The Kier molecular flexibility index (Phi) is 5.12. The summed E-state index contributed by atoms with van der Waals surface area (Å²) in [6.07, 6.45) is 3.59. The molecule has 9 heteroatoms. The topological polar surface area (TPSA) is 113 Å².